The zero-order valence-corrected chi connectivity index (χ0v) is 15.4. The molecule has 0 heterocycles. The summed E-state index contributed by atoms with van der Waals surface area (Å²) in [5.41, 5.74) is 9.62. The summed E-state index contributed by atoms with van der Waals surface area (Å²) in [6.45, 7) is 0. The van der Waals surface area contributed by atoms with Gasteiger partial charge in [0.1, 0.15) is 6.04 Å². The van der Waals surface area contributed by atoms with Crippen molar-refractivity contribution in [2.45, 2.75) is 38.1 Å². The van der Waals surface area contributed by atoms with Crippen LogP contribution in [-0.4, -0.2) is 42.5 Å². The molecule has 1 aromatic carbocycles. The van der Waals surface area contributed by atoms with Crippen molar-refractivity contribution in [1.82, 2.24) is 9.44 Å². The number of rotatable bonds is 12. The molecule has 0 bridgehead atoms. The number of azide groups is 1. The number of amides is 1. The summed E-state index contributed by atoms with van der Waals surface area (Å²) in [7, 11) is -4.45. The number of hydrogen-bond donors (Lipinski definition) is 4. The van der Waals surface area contributed by atoms with E-state index in [0.717, 1.165) is 5.56 Å². The molecule has 13 heteroatoms. The molecule has 0 saturated carbocycles. The van der Waals surface area contributed by atoms with Gasteiger partial charge in [0.15, 0.2) is 0 Å². The number of aryl methyl sites for hydroxylation is 1. The van der Waals surface area contributed by atoms with E-state index in [1.165, 1.54) is 0 Å². The number of benzene rings is 1. The van der Waals surface area contributed by atoms with Crippen molar-refractivity contribution in [2.75, 3.05) is 0 Å². The van der Waals surface area contributed by atoms with Crippen LogP contribution in [-0.2, 0) is 31.0 Å². The highest BCUT2D eigenvalue weighted by molar-refractivity contribution is 7.88. The van der Waals surface area contributed by atoms with E-state index in [2.05, 4.69) is 10.0 Å². The fraction of sp³-hybridized carbons (Fsp3) is 0.400. The number of nitrogens with zero attached hydrogens (tertiary/aromatic N) is 3. The maximum Gasteiger partial charge on any atom is 0.321 e. The Labute approximate surface area is 160 Å². The molecule has 1 aromatic rings. The quantitative estimate of drug-likeness (QED) is 0.224. The van der Waals surface area contributed by atoms with Gasteiger partial charge < -0.3 is 10.2 Å². The number of hydrogen-bond acceptors (Lipinski definition) is 6. The lowest BCUT2D eigenvalue weighted by Crippen LogP contribution is -2.48. The van der Waals surface area contributed by atoms with Gasteiger partial charge in [-0.1, -0.05) is 29.4 Å². The van der Waals surface area contributed by atoms with Gasteiger partial charge in [-0.05, 0) is 30.4 Å². The van der Waals surface area contributed by atoms with Crippen molar-refractivity contribution in [2.24, 2.45) is 5.11 Å². The number of carbonyl (C=O) groups is 3. The zero-order valence-electron chi connectivity index (χ0n) is 14.6. The van der Waals surface area contributed by atoms with Crippen LogP contribution < -0.4 is 9.44 Å². The third-order valence-corrected chi connectivity index (χ3v) is 4.55. The Bertz CT molecular complexity index is 863. The van der Waals surface area contributed by atoms with Gasteiger partial charge in [-0.2, -0.15) is 13.1 Å². The van der Waals surface area contributed by atoms with Crippen molar-refractivity contribution >= 4 is 33.7 Å². The molecule has 0 aliphatic heterocycles. The summed E-state index contributed by atoms with van der Waals surface area (Å²) in [6.07, 6.45) is -0.360. The van der Waals surface area contributed by atoms with E-state index in [4.69, 9.17) is 15.7 Å². The van der Waals surface area contributed by atoms with Crippen LogP contribution in [0.3, 0.4) is 0 Å². The molecule has 12 nitrogen and oxygen atoms in total. The molecule has 0 radical (unpaired) electrons. The van der Waals surface area contributed by atoms with Crippen LogP contribution in [0.2, 0.25) is 0 Å². The molecule has 1 atom stereocenters. The van der Waals surface area contributed by atoms with Gasteiger partial charge in [-0.15, -0.1) is 0 Å². The first-order chi connectivity index (χ1) is 13.1. The molecular weight excluding hydrogens is 394 g/mol. The van der Waals surface area contributed by atoms with Crippen LogP contribution in [0.4, 0.5) is 5.69 Å². The Hall–Kier alpha value is -3.15. The standard InChI is InChI=1S/C15H19N5O7S/c16-20-17-11-6-4-10(5-7-11)2-1-3-13(21)19-28(26,27)18-12(15(24)25)8-9-14(22)23/h4-7,12,18H,1-3,8-9H2,(H,19,21)(H,22,23)(H,24,25). The van der Waals surface area contributed by atoms with Gasteiger partial charge in [0.25, 0.3) is 0 Å². The highest BCUT2D eigenvalue weighted by Gasteiger charge is 2.25. The third-order valence-electron chi connectivity index (χ3n) is 3.46. The summed E-state index contributed by atoms with van der Waals surface area (Å²) in [6, 6.07) is 4.95. The van der Waals surface area contributed by atoms with Crippen molar-refractivity contribution in [3.63, 3.8) is 0 Å². The SMILES string of the molecule is [N-]=[N+]=Nc1ccc(CCCC(=O)NS(=O)(=O)NC(CCC(=O)O)C(=O)O)cc1. The molecule has 0 aromatic heterocycles. The van der Waals surface area contributed by atoms with E-state index in [-0.39, 0.29) is 6.42 Å². The molecule has 152 valence electrons. The summed E-state index contributed by atoms with van der Waals surface area (Å²) >= 11 is 0. The Morgan fingerprint density at radius 3 is 2.32 bits per heavy atom. The van der Waals surface area contributed by atoms with Crippen LogP contribution in [0.5, 0.6) is 0 Å². The number of nitrogens with one attached hydrogen (secondary N) is 2. The molecule has 0 aliphatic carbocycles. The van der Waals surface area contributed by atoms with Gasteiger partial charge in [-0.3, -0.25) is 14.4 Å². The minimum absolute atomic E-state index is 0.133. The normalized spacial score (nSPS) is 11.9. The Balaban J connectivity index is 2.50. The van der Waals surface area contributed by atoms with Crippen LogP contribution in [0.1, 0.15) is 31.2 Å². The second-order valence-electron chi connectivity index (χ2n) is 5.68. The Kier molecular flexibility index (Phi) is 8.88. The predicted molar refractivity (Wildman–Crippen MR) is 96.7 cm³/mol. The Morgan fingerprint density at radius 1 is 1.14 bits per heavy atom. The van der Waals surface area contributed by atoms with Crippen molar-refractivity contribution in [1.29, 1.82) is 0 Å². The van der Waals surface area contributed by atoms with Gasteiger partial charge in [0.05, 0.1) is 0 Å². The lowest BCUT2D eigenvalue weighted by Gasteiger charge is -2.14. The topological polar surface area (TPSA) is 199 Å². The fourth-order valence-electron chi connectivity index (χ4n) is 2.15. The average Bonchev–Trinajstić information content (AvgIpc) is 2.59. The summed E-state index contributed by atoms with van der Waals surface area (Å²) in [5, 5.41) is 20.9. The third kappa shape index (κ3) is 8.98. The van der Waals surface area contributed by atoms with Crippen molar-refractivity contribution < 1.29 is 33.0 Å². The van der Waals surface area contributed by atoms with E-state index >= 15 is 0 Å². The maximum absolute atomic E-state index is 11.8. The lowest BCUT2D eigenvalue weighted by molar-refractivity contribution is -0.140. The van der Waals surface area contributed by atoms with Crippen LogP contribution in [0.15, 0.2) is 29.4 Å². The van der Waals surface area contributed by atoms with E-state index in [1.54, 1.807) is 33.7 Å². The second kappa shape index (κ2) is 10.9. The van der Waals surface area contributed by atoms with E-state index in [1.807, 2.05) is 0 Å². The number of carboxylic acid groups (broad SMARTS) is 2. The Morgan fingerprint density at radius 2 is 1.79 bits per heavy atom. The fourth-order valence-corrected chi connectivity index (χ4v) is 3.21. The minimum Gasteiger partial charge on any atom is -0.481 e. The van der Waals surface area contributed by atoms with Crippen LogP contribution >= 0.6 is 0 Å². The molecule has 0 saturated heterocycles. The first-order valence-corrected chi connectivity index (χ1v) is 9.53. The lowest BCUT2D eigenvalue weighted by atomic mass is 10.1. The molecule has 1 unspecified atom stereocenters. The summed E-state index contributed by atoms with van der Waals surface area (Å²) in [5.74, 6) is -3.66. The average molecular weight is 413 g/mol. The van der Waals surface area contributed by atoms with Crippen molar-refractivity contribution in [3.8, 4) is 0 Å². The highest BCUT2D eigenvalue weighted by Crippen LogP contribution is 2.14. The molecule has 28 heavy (non-hydrogen) atoms. The molecule has 0 spiro atoms. The molecule has 0 aliphatic rings. The highest BCUT2D eigenvalue weighted by atomic mass is 32.2. The van der Waals surface area contributed by atoms with E-state index < -0.39 is 46.9 Å². The van der Waals surface area contributed by atoms with Crippen LogP contribution in [0, 0.1) is 0 Å². The van der Waals surface area contributed by atoms with Gasteiger partial charge in [0.2, 0.25) is 5.91 Å². The second-order valence-corrected chi connectivity index (χ2v) is 7.13. The van der Waals surface area contributed by atoms with Gasteiger partial charge in [-0.25, -0.2) is 4.72 Å². The van der Waals surface area contributed by atoms with Crippen molar-refractivity contribution in [3.05, 3.63) is 40.3 Å². The molecular formula is C15H19N5O7S. The van der Waals surface area contributed by atoms with E-state index in [0.29, 0.717) is 18.5 Å². The number of carbonyl (C=O) groups excluding carboxylic acids is 1. The monoisotopic (exact) mass is 413 g/mol. The predicted octanol–water partition coefficient (Wildman–Crippen LogP) is 1.22. The molecule has 0 fully saturated rings. The van der Waals surface area contributed by atoms with Gasteiger partial charge in [0, 0.05) is 23.4 Å². The smallest absolute Gasteiger partial charge is 0.321 e. The summed E-state index contributed by atoms with van der Waals surface area (Å²) in [4.78, 5) is 35.9. The summed E-state index contributed by atoms with van der Waals surface area (Å²) < 4.78 is 27.1. The minimum atomic E-state index is -4.45. The number of carboxylic acids is 2. The molecule has 1 amide bonds. The first kappa shape index (κ1) is 22.9. The maximum atomic E-state index is 11.8. The molecule has 1 rings (SSSR count). The van der Waals surface area contributed by atoms with Crippen LogP contribution in [0.25, 0.3) is 10.4 Å². The van der Waals surface area contributed by atoms with E-state index in [9.17, 15) is 22.8 Å². The first-order valence-electron chi connectivity index (χ1n) is 8.04. The number of aliphatic carboxylic acids is 2. The molecule has 4 N–H and O–H groups in total. The zero-order chi connectivity index (χ0) is 21.2. The van der Waals surface area contributed by atoms with Gasteiger partial charge >= 0.3 is 22.1 Å². The largest absolute Gasteiger partial charge is 0.481 e.